The lowest BCUT2D eigenvalue weighted by molar-refractivity contribution is 0.0235. The zero-order valence-electron chi connectivity index (χ0n) is 14.1. The lowest BCUT2D eigenvalue weighted by atomic mass is 9.76. The van der Waals surface area contributed by atoms with Gasteiger partial charge in [-0.1, -0.05) is 6.07 Å². The summed E-state index contributed by atoms with van der Waals surface area (Å²) in [5.74, 6) is -0.375. The molecule has 1 atom stereocenters. The van der Waals surface area contributed by atoms with Crippen molar-refractivity contribution in [2.75, 3.05) is 0 Å². The number of aliphatic hydroxyl groups is 1. The molecule has 1 saturated carbocycles. The SMILES string of the molecule is O=C(N[C@H](Cc1ccccn1)C1CC(O)C1)c1cc2cc(F)ccc2o1. The number of rotatable bonds is 5. The maximum absolute atomic E-state index is 13.3. The van der Waals surface area contributed by atoms with Gasteiger partial charge in [-0.25, -0.2) is 4.39 Å². The molecular formula is C20H19FN2O3. The number of pyridine rings is 1. The predicted molar refractivity (Wildman–Crippen MR) is 94.1 cm³/mol. The topological polar surface area (TPSA) is 75.4 Å². The molecule has 0 aliphatic heterocycles. The molecule has 26 heavy (non-hydrogen) atoms. The van der Waals surface area contributed by atoms with Crippen LogP contribution in [0.25, 0.3) is 11.0 Å². The second-order valence-corrected chi connectivity index (χ2v) is 6.78. The number of hydrogen-bond donors (Lipinski definition) is 2. The van der Waals surface area contributed by atoms with Gasteiger partial charge < -0.3 is 14.8 Å². The number of benzene rings is 1. The van der Waals surface area contributed by atoms with Crippen molar-refractivity contribution in [2.45, 2.75) is 31.4 Å². The van der Waals surface area contributed by atoms with E-state index in [0.29, 0.717) is 30.2 Å². The Bertz CT molecular complexity index is 919. The maximum atomic E-state index is 13.3. The van der Waals surface area contributed by atoms with E-state index >= 15 is 0 Å². The molecule has 0 radical (unpaired) electrons. The van der Waals surface area contributed by atoms with Crippen molar-refractivity contribution in [3.63, 3.8) is 0 Å². The van der Waals surface area contributed by atoms with Gasteiger partial charge in [0, 0.05) is 29.7 Å². The number of carbonyl (C=O) groups excluding carboxylic acids is 1. The molecule has 1 aromatic carbocycles. The first-order valence-corrected chi connectivity index (χ1v) is 8.66. The van der Waals surface area contributed by atoms with E-state index in [0.717, 1.165) is 5.69 Å². The molecule has 6 heteroatoms. The Balaban J connectivity index is 1.52. The van der Waals surface area contributed by atoms with Gasteiger partial charge in [-0.05, 0) is 55.2 Å². The number of hydrogen-bond acceptors (Lipinski definition) is 4. The number of nitrogens with zero attached hydrogens (tertiary/aromatic N) is 1. The minimum atomic E-state index is -0.373. The molecule has 2 N–H and O–H groups in total. The summed E-state index contributed by atoms with van der Waals surface area (Å²) in [6.07, 6.45) is 3.31. The number of carbonyl (C=O) groups is 1. The monoisotopic (exact) mass is 354 g/mol. The highest BCUT2D eigenvalue weighted by Gasteiger charge is 2.35. The van der Waals surface area contributed by atoms with E-state index in [1.165, 1.54) is 18.2 Å². The van der Waals surface area contributed by atoms with Crippen LogP contribution in [0.2, 0.25) is 0 Å². The summed E-state index contributed by atoms with van der Waals surface area (Å²) in [4.78, 5) is 17.0. The van der Waals surface area contributed by atoms with Crippen molar-refractivity contribution >= 4 is 16.9 Å². The van der Waals surface area contributed by atoms with Crippen LogP contribution in [0.3, 0.4) is 0 Å². The molecular weight excluding hydrogens is 335 g/mol. The van der Waals surface area contributed by atoms with Crippen molar-refractivity contribution in [3.8, 4) is 0 Å². The lowest BCUT2D eigenvalue weighted by Crippen LogP contribution is -2.48. The molecule has 1 amide bonds. The summed E-state index contributed by atoms with van der Waals surface area (Å²) in [6, 6.07) is 11.2. The van der Waals surface area contributed by atoms with Crippen molar-refractivity contribution in [2.24, 2.45) is 5.92 Å². The van der Waals surface area contributed by atoms with Gasteiger partial charge in [-0.15, -0.1) is 0 Å². The Kier molecular flexibility index (Phi) is 4.42. The van der Waals surface area contributed by atoms with Crippen LogP contribution in [-0.2, 0) is 6.42 Å². The smallest absolute Gasteiger partial charge is 0.287 e. The van der Waals surface area contributed by atoms with E-state index in [-0.39, 0.29) is 35.5 Å². The number of amides is 1. The minimum Gasteiger partial charge on any atom is -0.451 e. The van der Waals surface area contributed by atoms with Gasteiger partial charge in [0.25, 0.3) is 5.91 Å². The van der Waals surface area contributed by atoms with Gasteiger partial charge in [0.2, 0.25) is 0 Å². The highest BCUT2D eigenvalue weighted by molar-refractivity contribution is 5.96. The normalized spacial score (nSPS) is 20.5. The Labute approximate surface area is 149 Å². The van der Waals surface area contributed by atoms with Crippen LogP contribution in [0.4, 0.5) is 4.39 Å². The van der Waals surface area contributed by atoms with Crippen molar-refractivity contribution in [1.82, 2.24) is 10.3 Å². The molecule has 2 heterocycles. The second kappa shape index (κ2) is 6.88. The summed E-state index contributed by atoms with van der Waals surface area (Å²) >= 11 is 0. The van der Waals surface area contributed by atoms with Gasteiger partial charge in [-0.3, -0.25) is 9.78 Å². The van der Waals surface area contributed by atoms with Crippen LogP contribution in [0, 0.1) is 11.7 Å². The van der Waals surface area contributed by atoms with Crippen LogP contribution in [-0.4, -0.2) is 28.1 Å². The second-order valence-electron chi connectivity index (χ2n) is 6.78. The molecule has 1 aliphatic rings. The fraction of sp³-hybridized carbons (Fsp3) is 0.300. The van der Waals surface area contributed by atoms with Gasteiger partial charge >= 0.3 is 0 Å². The van der Waals surface area contributed by atoms with Crippen LogP contribution < -0.4 is 5.32 Å². The first-order valence-electron chi connectivity index (χ1n) is 8.66. The molecule has 0 unspecified atom stereocenters. The minimum absolute atomic E-state index is 0.147. The first-order chi connectivity index (χ1) is 12.6. The van der Waals surface area contributed by atoms with Crippen LogP contribution in [0.1, 0.15) is 29.1 Å². The van der Waals surface area contributed by atoms with Crippen LogP contribution >= 0.6 is 0 Å². The molecule has 134 valence electrons. The summed E-state index contributed by atoms with van der Waals surface area (Å²) in [6.45, 7) is 0. The fourth-order valence-corrected chi connectivity index (χ4v) is 3.40. The standard InChI is InChI=1S/C20H19FN2O3/c21-14-4-5-18-13(7-14)10-19(26-18)20(25)23-17(12-8-16(24)9-12)11-15-3-1-2-6-22-15/h1-7,10,12,16-17,24H,8-9,11H2,(H,23,25)/t12?,16?,17-/m1/s1. The highest BCUT2D eigenvalue weighted by Crippen LogP contribution is 2.32. The van der Waals surface area contributed by atoms with E-state index in [4.69, 9.17) is 4.42 Å². The molecule has 0 spiro atoms. The Morgan fingerprint density at radius 3 is 2.88 bits per heavy atom. The lowest BCUT2D eigenvalue weighted by Gasteiger charge is -2.37. The van der Waals surface area contributed by atoms with Crippen molar-refractivity contribution in [3.05, 3.63) is 65.9 Å². The van der Waals surface area contributed by atoms with E-state index in [1.54, 1.807) is 12.3 Å². The maximum Gasteiger partial charge on any atom is 0.287 e. The third kappa shape index (κ3) is 3.46. The summed E-state index contributed by atoms with van der Waals surface area (Å²) in [5, 5.41) is 13.2. The molecule has 1 aliphatic carbocycles. The number of halogens is 1. The number of fused-ring (bicyclic) bond motifs is 1. The van der Waals surface area contributed by atoms with E-state index in [2.05, 4.69) is 10.3 Å². The van der Waals surface area contributed by atoms with Gasteiger partial charge in [0.15, 0.2) is 5.76 Å². The number of furan rings is 1. The highest BCUT2D eigenvalue weighted by atomic mass is 19.1. The summed E-state index contributed by atoms with van der Waals surface area (Å²) in [5.41, 5.74) is 1.35. The molecule has 1 fully saturated rings. The predicted octanol–water partition coefficient (Wildman–Crippen LogP) is 3.08. The first kappa shape index (κ1) is 16.7. The third-order valence-corrected chi connectivity index (χ3v) is 4.89. The van der Waals surface area contributed by atoms with Gasteiger partial charge in [0.1, 0.15) is 11.4 Å². The van der Waals surface area contributed by atoms with Gasteiger partial charge in [-0.2, -0.15) is 0 Å². The summed E-state index contributed by atoms with van der Waals surface area (Å²) < 4.78 is 18.9. The average Bonchev–Trinajstić information content (AvgIpc) is 3.02. The van der Waals surface area contributed by atoms with Crippen LogP contribution in [0.5, 0.6) is 0 Å². The Morgan fingerprint density at radius 2 is 2.15 bits per heavy atom. The number of nitrogens with one attached hydrogen (secondary N) is 1. The molecule has 5 nitrogen and oxygen atoms in total. The number of aliphatic hydroxyl groups excluding tert-OH is 1. The fourth-order valence-electron chi connectivity index (χ4n) is 3.40. The van der Waals surface area contributed by atoms with E-state index in [9.17, 15) is 14.3 Å². The van der Waals surface area contributed by atoms with E-state index < -0.39 is 0 Å². The Morgan fingerprint density at radius 1 is 1.31 bits per heavy atom. The average molecular weight is 354 g/mol. The zero-order chi connectivity index (χ0) is 18.1. The summed E-state index contributed by atoms with van der Waals surface area (Å²) in [7, 11) is 0. The van der Waals surface area contributed by atoms with Gasteiger partial charge in [0.05, 0.1) is 6.10 Å². The van der Waals surface area contributed by atoms with Crippen molar-refractivity contribution < 1.29 is 18.7 Å². The molecule has 2 aromatic heterocycles. The zero-order valence-corrected chi connectivity index (χ0v) is 14.1. The van der Waals surface area contributed by atoms with Crippen molar-refractivity contribution in [1.29, 1.82) is 0 Å². The largest absolute Gasteiger partial charge is 0.451 e. The van der Waals surface area contributed by atoms with E-state index in [1.807, 2.05) is 18.2 Å². The molecule has 0 bridgehead atoms. The quantitative estimate of drug-likeness (QED) is 0.738. The molecule has 4 rings (SSSR count). The molecule has 0 saturated heterocycles. The van der Waals surface area contributed by atoms with Crippen LogP contribution in [0.15, 0.2) is 53.1 Å². The molecule has 3 aromatic rings. The number of aromatic nitrogens is 1. The Hall–Kier alpha value is -2.73. The third-order valence-electron chi connectivity index (χ3n) is 4.89.